The molecule has 0 saturated heterocycles. The topological polar surface area (TPSA) is 38.9 Å². The SMILES string of the molecule is C#Cc1c(F)cnc2cc(N)cc(C)c12.CC.CC. The van der Waals surface area contributed by atoms with Gasteiger partial charge in [-0.1, -0.05) is 33.6 Å². The molecule has 1 aromatic heterocycles. The van der Waals surface area contributed by atoms with Gasteiger partial charge in [0.25, 0.3) is 0 Å². The van der Waals surface area contributed by atoms with Gasteiger partial charge in [0.15, 0.2) is 5.82 Å². The molecule has 2 N–H and O–H groups in total. The second-order valence-electron chi connectivity index (χ2n) is 3.36. The molecule has 1 heterocycles. The van der Waals surface area contributed by atoms with Gasteiger partial charge in [-0.15, -0.1) is 6.42 Å². The number of nitrogens with two attached hydrogens (primary N) is 1. The lowest BCUT2D eigenvalue weighted by Gasteiger charge is -2.06. The van der Waals surface area contributed by atoms with E-state index in [1.54, 1.807) is 12.1 Å². The lowest BCUT2D eigenvalue weighted by atomic mass is 10.0. The number of aromatic nitrogens is 1. The normalized spacial score (nSPS) is 8.68. The maximum Gasteiger partial charge on any atom is 0.157 e. The molecule has 2 aromatic rings. The van der Waals surface area contributed by atoms with Crippen molar-refractivity contribution in [1.29, 1.82) is 0 Å². The zero-order valence-electron chi connectivity index (χ0n) is 12.2. The Kier molecular flexibility index (Phi) is 7.21. The summed E-state index contributed by atoms with van der Waals surface area (Å²) in [5.74, 6) is 1.87. The molecule has 19 heavy (non-hydrogen) atoms. The fourth-order valence-corrected chi connectivity index (χ4v) is 1.67. The van der Waals surface area contributed by atoms with Crippen LogP contribution in [0.3, 0.4) is 0 Å². The molecule has 0 aliphatic heterocycles. The first-order valence-corrected chi connectivity index (χ1v) is 6.44. The van der Waals surface area contributed by atoms with Crippen LogP contribution in [0, 0.1) is 25.1 Å². The molecular formula is C16H21FN2. The predicted molar refractivity (Wildman–Crippen MR) is 81.5 cm³/mol. The number of nitrogen functional groups attached to an aromatic ring is 1. The summed E-state index contributed by atoms with van der Waals surface area (Å²) in [7, 11) is 0. The van der Waals surface area contributed by atoms with Crippen LogP contribution in [0.4, 0.5) is 10.1 Å². The fourth-order valence-electron chi connectivity index (χ4n) is 1.67. The largest absolute Gasteiger partial charge is 0.399 e. The fraction of sp³-hybridized carbons (Fsp3) is 0.312. The molecule has 2 nitrogen and oxygen atoms in total. The first kappa shape index (κ1) is 16.9. The zero-order chi connectivity index (χ0) is 15.0. The smallest absolute Gasteiger partial charge is 0.157 e. The number of terminal acetylenes is 1. The first-order chi connectivity index (χ1) is 9.13. The number of halogens is 1. The molecule has 0 spiro atoms. The predicted octanol–water partition coefficient (Wildman–Crippen LogP) is 4.30. The van der Waals surface area contributed by atoms with Crippen molar-refractivity contribution in [1.82, 2.24) is 4.98 Å². The number of benzene rings is 1. The second-order valence-corrected chi connectivity index (χ2v) is 3.36. The molecule has 2 rings (SSSR count). The maximum atomic E-state index is 13.4. The van der Waals surface area contributed by atoms with Gasteiger partial charge in [0.2, 0.25) is 0 Å². The van der Waals surface area contributed by atoms with Crippen LogP contribution in [0.1, 0.15) is 38.8 Å². The van der Waals surface area contributed by atoms with E-state index in [9.17, 15) is 4.39 Å². The van der Waals surface area contributed by atoms with Gasteiger partial charge in [-0.3, -0.25) is 4.98 Å². The van der Waals surface area contributed by atoms with Gasteiger partial charge in [0.1, 0.15) is 0 Å². The molecule has 3 heteroatoms. The molecule has 0 radical (unpaired) electrons. The van der Waals surface area contributed by atoms with Crippen molar-refractivity contribution < 1.29 is 4.39 Å². The van der Waals surface area contributed by atoms with Crippen LogP contribution in [0.15, 0.2) is 18.3 Å². The molecule has 0 aliphatic rings. The van der Waals surface area contributed by atoms with Crippen molar-refractivity contribution in [2.75, 3.05) is 5.73 Å². The summed E-state index contributed by atoms with van der Waals surface area (Å²) < 4.78 is 13.4. The van der Waals surface area contributed by atoms with E-state index in [2.05, 4.69) is 10.9 Å². The van der Waals surface area contributed by atoms with Crippen molar-refractivity contribution >= 4 is 16.6 Å². The number of aryl methyl sites for hydroxylation is 1. The molecule has 102 valence electrons. The van der Waals surface area contributed by atoms with Crippen LogP contribution < -0.4 is 5.73 Å². The third kappa shape index (κ3) is 3.69. The van der Waals surface area contributed by atoms with Crippen LogP contribution in [0.25, 0.3) is 10.9 Å². The van der Waals surface area contributed by atoms with Crippen LogP contribution in [0.5, 0.6) is 0 Å². The summed E-state index contributed by atoms with van der Waals surface area (Å²) in [5.41, 5.74) is 7.98. The summed E-state index contributed by atoms with van der Waals surface area (Å²) in [6.07, 6.45) is 6.40. The maximum absolute atomic E-state index is 13.4. The van der Waals surface area contributed by atoms with Crippen molar-refractivity contribution in [2.45, 2.75) is 34.6 Å². The van der Waals surface area contributed by atoms with Crippen molar-refractivity contribution in [3.63, 3.8) is 0 Å². The first-order valence-electron chi connectivity index (χ1n) is 6.44. The number of pyridine rings is 1. The monoisotopic (exact) mass is 260 g/mol. The molecule has 0 unspecified atom stereocenters. The van der Waals surface area contributed by atoms with Gasteiger partial charge in [-0.05, 0) is 24.6 Å². The third-order valence-corrected chi connectivity index (χ3v) is 2.29. The van der Waals surface area contributed by atoms with Gasteiger partial charge < -0.3 is 5.73 Å². The second kappa shape index (κ2) is 8.10. The summed E-state index contributed by atoms with van der Waals surface area (Å²) in [6.45, 7) is 9.83. The Labute approximate surface area is 114 Å². The lowest BCUT2D eigenvalue weighted by Crippen LogP contribution is -1.94. The van der Waals surface area contributed by atoms with Crippen LogP contribution in [-0.2, 0) is 0 Å². The quantitative estimate of drug-likeness (QED) is 0.566. The number of hydrogen-bond acceptors (Lipinski definition) is 2. The van der Waals surface area contributed by atoms with Gasteiger partial charge in [-0.2, -0.15) is 0 Å². The minimum absolute atomic E-state index is 0.248. The Morgan fingerprint density at radius 3 is 2.32 bits per heavy atom. The molecule has 0 fully saturated rings. The number of nitrogens with zero attached hydrogens (tertiary/aromatic N) is 1. The number of rotatable bonds is 0. The van der Waals surface area contributed by atoms with E-state index in [4.69, 9.17) is 12.2 Å². The molecular weight excluding hydrogens is 239 g/mol. The summed E-state index contributed by atoms with van der Waals surface area (Å²) in [5, 5.41) is 0.659. The number of hydrogen-bond donors (Lipinski definition) is 1. The Morgan fingerprint density at radius 2 is 1.79 bits per heavy atom. The number of anilines is 1. The van der Waals surface area contributed by atoms with Crippen LogP contribution in [0.2, 0.25) is 0 Å². The highest BCUT2D eigenvalue weighted by Crippen LogP contribution is 2.24. The van der Waals surface area contributed by atoms with Crippen molar-refractivity contribution in [3.05, 3.63) is 35.3 Å². The average molecular weight is 260 g/mol. The van der Waals surface area contributed by atoms with E-state index >= 15 is 0 Å². The molecule has 1 aromatic carbocycles. The van der Waals surface area contributed by atoms with E-state index in [0.717, 1.165) is 11.8 Å². The van der Waals surface area contributed by atoms with E-state index in [0.29, 0.717) is 16.6 Å². The lowest BCUT2D eigenvalue weighted by molar-refractivity contribution is 0.621. The Hall–Kier alpha value is -2.08. The molecule has 0 saturated carbocycles. The summed E-state index contributed by atoms with van der Waals surface area (Å²) in [4.78, 5) is 3.96. The van der Waals surface area contributed by atoms with E-state index < -0.39 is 5.82 Å². The van der Waals surface area contributed by atoms with E-state index in [1.165, 1.54) is 0 Å². The average Bonchev–Trinajstić information content (AvgIpc) is 2.43. The zero-order valence-corrected chi connectivity index (χ0v) is 12.2. The molecule has 0 atom stereocenters. The van der Waals surface area contributed by atoms with Crippen molar-refractivity contribution in [3.8, 4) is 12.3 Å². The minimum Gasteiger partial charge on any atom is -0.399 e. The number of fused-ring (bicyclic) bond motifs is 1. The van der Waals surface area contributed by atoms with Gasteiger partial charge >= 0.3 is 0 Å². The van der Waals surface area contributed by atoms with E-state index in [-0.39, 0.29) is 5.56 Å². The highest BCUT2D eigenvalue weighted by atomic mass is 19.1. The Bertz CT molecular complexity index is 583. The Balaban J connectivity index is 0.000000741. The highest BCUT2D eigenvalue weighted by Gasteiger charge is 2.09. The van der Waals surface area contributed by atoms with Crippen molar-refractivity contribution in [2.24, 2.45) is 0 Å². The standard InChI is InChI=1S/C12H9FN2.2C2H6/c1-3-9-10(13)6-15-11-5-8(14)4-7(2)12(9)11;2*1-2/h1,4-6H,14H2,2H3;2*1-2H3. The molecule has 0 bridgehead atoms. The molecule has 0 amide bonds. The summed E-state index contributed by atoms with van der Waals surface area (Å²) >= 11 is 0. The third-order valence-electron chi connectivity index (χ3n) is 2.29. The van der Waals surface area contributed by atoms with Crippen LogP contribution in [-0.4, -0.2) is 4.98 Å². The van der Waals surface area contributed by atoms with Gasteiger partial charge in [-0.25, -0.2) is 4.39 Å². The Morgan fingerprint density at radius 1 is 1.21 bits per heavy atom. The highest BCUT2D eigenvalue weighted by molar-refractivity contribution is 5.90. The van der Waals surface area contributed by atoms with Gasteiger partial charge in [0.05, 0.1) is 17.3 Å². The molecule has 0 aliphatic carbocycles. The minimum atomic E-state index is -0.474. The van der Waals surface area contributed by atoms with E-state index in [1.807, 2.05) is 34.6 Å². The summed E-state index contributed by atoms with van der Waals surface area (Å²) in [6, 6.07) is 3.44. The van der Waals surface area contributed by atoms with Crippen LogP contribution >= 0.6 is 0 Å². The van der Waals surface area contributed by atoms with Gasteiger partial charge in [0, 0.05) is 11.1 Å².